The number of carbonyl (C=O) groups excluding carboxylic acids is 1. The van der Waals surface area contributed by atoms with Crippen LogP contribution < -0.4 is 0 Å². The van der Waals surface area contributed by atoms with E-state index in [0.717, 1.165) is 10.8 Å². The number of carbonyl (C=O) groups is 2. The minimum Gasteiger partial charge on any atom is -0.478 e. The van der Waals surface area contributed by atoms with E-state index in [-0.39, 0.29) is 17.0 Å². The summed E-state index contributed by atoms with van der Waals surface area (Å²) in [5.74, 6) is -1.83. The number of aromatic nitrogens is 1. The second-order valence-electron chi connectivity index (χ2n) is 5.33. The number of benzene rings is 3. The summed E-state index contributed by atoms with van der Waals surface area (Å²) >= 11 is 0. The molecular weight excluding hydrogens is 306 g/mol. The first kappa shape index (κ1) is 14.1. The molecule has 4 aromatic rings. The summed E-state index contributed by atoms with van der Waals surface area (Å²) in [6, 6.07) is 17.3. The standard InChI is InChI=1S/C19H11NO4/c21-17(13-7-3-4-8-14(13)19(22)23)18-20-16-12-6-2-1-5-11(12)9-10-15(16)24-18/h1-10H,(H,22,23). The van der Waals surface area contributed by atoms with Crippen LogP contribution in [0, 0.1) is 0 Å². The van der Waals surface area contributed by atoms with Crippen molar-refractivity contribution >= 4 is 33.6 Å². The summed E-state index contributed by atoms with van der Waals surface area (Å²) in [6.07, 6.45) is 0. The third kappa shape index (κ3) is 2.14. The molecule has 0 saturated carbocycles. The summed E-state index contributed by atoms with van der Waals surface area (Å²) in [5.41, 5.74) is 1.06. The van der Waals surface area contributed by atoms with Gasteiger partial charge < -0.3 is 9.52 Å². The van der Waals surface area contributed by atoms with Crippen molar-refractivity contribution < 1.29 is 19.1 Å². The number of fused-ring (bicyclic) bond motifs is 3. The van der Waals surface area contributed by atoms with Crippen LogP contribution in [0.2, 0.25) is 0 Å². The summed E-state index contributed by atoms with van der Waals surface area (Å²) in [4.78, 5) is 28.3. The number of hydrogen-bond donors (Lipinski definition) is 1. The second kappa shape index (κ2) is 5.31. The number of aromatic carboxylic acids is 1. The Kier molecular flexibility index (Phi) is 3.13. The van der Waals surface area contributed by atoms with Crippen molar-refractivity contribution in [2.45, 2.75) is 0 Å². The molecule has 0 fully saturated rings. The molecule has 1 N–H and O–H groups in total. The Bertz CT molecular complexity index is 1110. The molecular formula is C19H11NO4. The fourth-order valence-electron chi connectivity index (χ4n) is 2.74. The van der Waals surface area contributed by atoms with Crippen molar-refractivity contribution in [2.75, 3.05) is 0 Å². The maximum absolute atomic E-state index is 12.7. The lowest BCUT2D eigenvalue weighted by molar-refractivity contribution is 0.0692. The quantitative estimate of drug-likeness (QED) is 0.579. The molecule has 0 bridgehead atoms. The zero-order valence-electron chi connectivity index (χ0n) is 12.4. The molecule has 0 saturated heterocycles. The largest absolute Gasteiger partial charge is 0.478 e. The topological polar surface area (TPSA) is 80.4 Å². The third-order valence-electron chi connectivity index (χ3n) is 3.88. The number of nitrogens with zero attached hydrogens (tertiary/aromatic N) is 1. The molecule has 0 atom stereocenters. The molecule has 116 valence electrons. The minimum absolute atomic E-state index is 0.0564. The molecule has 0 radical (unpaired) electrons. The molecule has 5 heteroatoms. The summed E-state index contributed by atoms with van der Waals surface area (Å²) in [5, 5.41) is 11.1. The van der Waals surface area contributed by atoms with Gasteiger partial charge >= 0.3 is 5.97 Å². The Morgan fingerprint density at radius 3 is 2.38 bits per heavy atom. The van der Waals surface area contributed by atoms with Crippen LogP contribution >= 0.6 is 0 Å². The Morgan fingerprint density at radius 2 is 1.58 bits per heavy atom. The van der Waals surface area contributed by atoms with Crippen LogP contribution in [0.5, 0.6) is 0 Å². The first-order chi connectivity index (χ1) is 11.6. The van der Waals surface area contributed by atoms with Crippen molar-refractivity contribution in [3.8, 4) is 0 Å². The summed E-state index contributed by atoms with van der Waals surface area (Å²) in [7, 11) is 0. The van der Waals surface area contributed by atoms with E-state index in [0.29, 0.717) is 11.1 Å². The SMILES string of the molecule is O=C(O)c1ccccc1C(=O)c1nc2c(ccc3ccccc32)o1. The molecule has 0 amide bonds. The van der Waals surface area contributed by atoms with E-state index in [4.69, 9.17) is 4.42 Å². The highest BCUT2D eigenvalue weighted by atomic mass is 16.4. The second-order valence-corrected chi connectivity index (χ2v) is 5.33. The predicted octanol–water partition coefficient (Wildman–Crippen LogP) is 3.91. The minimum atomic E-state index is -1.17. The van der Waals surface area contributed by atoms with Gasteiger partial charge in [0.05, 0.1) is 5.56 Å². The lowest BCUT2D eigenvalue weighted by atomic mass is 10.0. The van der Waals surface area contributed by atoms with Crippen LogP contribution in [0.3, 0.4) is 0 Å². The van der Waals surface area contributed by atoms with Crippen molar-refractivity contribution in [2.24, 2.45) is 0 Å². The zero-order chi connectivity index (χ0) is 16.7. The van der Waals surface area contributed by atoms with Gasteiger partial charge in [-0.2, -0.15) is 0 Å². The highest BCUT2D eigenvalue weighted by Gasteiger charge is 2.22. The summed E-state index contributed by atoms with van der Waals surface area (Å²) < 4.78 is 5.57. The number of rotatable bonds is 3. The smallest absolute Gasteiger partial charge is 0.336 e. The van der Waals surface area contributed by atoms with Crippen LogP contribution in [-0.4, -0.2) is 21.8 Å². The highest BCUT2D eigenvalue weighted by Crippen LogP contribution is 2.26. The van der Waals surface area contributed by atoms with Gasteiger partial charge in [-0.3, -0.25) is 4.79 Å². The van der Waals surface area contributed by atoms with Gasteiger partial charge in [0.15, 0.2) is 5.58 Å². The Labute approximate surface area is 136 Å². The van der Waals surface area contributed by atoms with Crippen LogP contribution in [0.15, 0.2) is 65.1 Å². The van der Waals surface area contributed by atoms with Gasteiger partial charge in [0.1, 0.15) is 5.52 Å². The number of oxazole rings is 1. The summed E-state index contributed by atoms with van der Waals surface area (Å²) in [6.45, 7) is 0. The lowest BCUT2D eigenvalue weighted by Crippen LogP contribution is -2.09. The number of ketones is 1. The first-order valence-corrected chi connectivity index (χ1v) is 7.30. The number of hydrogen-bond acceptors (Lipinski definition) is 4. The molecule has 0 aliphatic heterocycles. The van der Waals surface area contributed by atoms with Gasteiger partial charge in [-0.15, -0.1) is 0 Å². The Morgan fingerprint density at radius 1 is 0.875 bits per heavy atom. The lowest BCUT2D eigenvalue weighted by Gasteiger charge is -2.01. The van der Waals surface area contributed by atoms with Crippen molar-refractivity contribution in [1.29, 1.82) is 0 Å². The molecule has 0 unspecified atom stereocenters. The average molecular weight is 317 g/mol. The molecule has 0 spiro atoms. The van der Waals surface area contributed by atoms with Gasteiger partial charge in [-0.25, -0.2) is 9.78 Å². The maximum atomic E-state index is 12.7. The van der Waals surface area contributed by atoms with Crippen LogP contribution in [0.25, 0.3) is 21.9 Å². The van der Waals surface area contributed by atoms with E-state index in [2.05, 4.69) is 4.98 Å². The van der Waals surface area contributed by atoms with Crippen molar-refractivity contribution in [1.82, 2.24) is 4.98 Å². The number of carboxylic acid groups (broad SMARTS) is 1. The van der Waals surface area contributed by atoms with Gasteiger partial charge in [-0.1, -0.05) is 42.5 Å². The van der Waals surface area contributed by atoms with Crippen molar-refractivity contribution in [3.63, 3.8) is 0 Å². The Balaban J connectivity index is 1.90. The van der Waals surface area contributed by atoms with Crippen LogP contribution in [0.4, 0.5) is 0 Å². The predicted molar refractivity (Wildman–Crippen MR) is 88.3 cm³/mol. The maximum Gasteiger partial charge on any atom is 0.336 e. The molecule has 24 heavy (non-hydrogen) atoms. The van der Waals surface area contributed by atoms with Gasteiger partial charge in [0.25, 0.3) is 5.89 Å². The molecule has 1 heterocycles. The van der Waals surface area contributed by atoms with Crippen molar-refractivity contribution in [3.05, 3.63) is 77.7 Å². The van der Waals surface area contributed by atoms with E-state index in [1.165, 1.54) is 12.1 Å². The van der Waals surface area contributed by atoms with E-state index in [9.17, 15) is 14.7 Å². The van der Waals surface area contributed by atoms with E-state index >= 15 is 0 Å². The van der Waals surface area contributed by atoms with Crippen LogP contribution in [0.1, 0.15) is 26.6 Å². The number of carboxylic acids is 1. The molecule has 5 nitrogen and oxygen atoms in total. The Hall–Kier alpha value is -3.47. The molecule has 0 aliphatic carbocycles. The molecule has 1 aromatic heterocycles. The molecule has 4 rings (SSSR count). The molecule has 0 aliphatic rings. The fourth-order valence-corrected chi connectivity index (χ4v) is 2.74. The highest BCUT2D eigenvalue weighted by molar-refractivity contribution is 6.13. The fraction of sp³-hybridized carbons (Fsp3) is 0. The first-order valence-electron chi connectivity index (χ1n) is 7.30. The van der Waals surface area contributed by atoms with E-state index in [1.54, 1.807) is 18.2 Å². The van der Waals surface area contributed by atoms with E-state index < -0.39 is 11.8 Å². The zero-order valence-corrected chi connectivity index (χ0v) is 12.4. The normalized spacial score (nSPS) is 11.0. The third-order valence-corrected chi connectivity index (χ3v) is 3.88. The monoisotopic (exact) mass is 317 g/mol. The average Bonchev–Trinajstić information content (AvgIpc) is 3.05. The van der Waals surface area contributed by atoms with Gasteiger partial charge in [0, 0.05) is 10.9 Å². The van der Waals surface area contributed by atoms with Gasteiger partial charge in [-0.05, 0) is 23.6 Å². The van der Waals surface area contributed by atoms with E-state index in [1.807, 2.05) is 30.3 Å². The molecule has 3 aromatic carbocycles. The van der Waals surface area contributed by atoms with Gasteiger partial charge in [0.2, 0.25) is 5.78 Å². The van der Waals surface area contributed by atoms with Crippen LogP contribution in [-0.2, 0) is 0 Å².